The quantitative estimate of drug-likeness (QED) is 0.0828. The van der Waals surface area contributed by atoms with Gasteiger partial charge in [-0.2, -0.15) is 0 Å². The van der Waals surface area contributed by atoms with Crippen LogP contribution >= 0.6 is 0 Å². The number of esters is 2. The average molecular weight is 654 g/mol. The molecule has 2 heterocycles. The number of allylic oxidation sites excluding steroid dienone is 1. The minimum absolute atomic E-state index is 0.144. The molecule has 2 atom stereocenters. The summed E-state index contributed by atoms with van der Waals surface area (Å²) in [5.74, 6) is -2.23. The highest BCUT2D eigenvalue weighted by molar-refractivity contribution is 6.38. The molecule has 0 unspecified atom stereocenters. The molecule has 47 heavy (non-hydrogen) atoms. The van der Waals surface area contributed by atoms with Crippen molar-refractivity contribution in [3.8, 4) is 5.75 Å². The molecule has 1 fully saturated rings. The molecule has 0 saturated carbocycles. The van der Waals surface area contributed by atoms with Crippen molar-refractivity contribution in [3.05, 3.63) is 78.0 Å². The van der Waals surface area contributed by atoms with Crippen molar-refractivity contribution in [1.82, 2.24) is 4.90 Å². The van der Waals surface area contributed by atoms with E-state index in [9.17, 15) is 23.6 Å². The molecule has 1 aliphatic rings. The van der Waals surface area contributed by atoms with Crippen LogP contribution in [0.25, 0.3) is 0 Å². The fourth-order valence-corrected chi connectivity index (χ4v) is 4.91. The van der Waals surface area contributed by atoms with Gasteiger partial charge in [-0.3, -0.25) is 9.59 Å². The average Bonchev–Trinajstić information content (AvgIpc) is 3.56. The van der Waals surface area contributed by atoms with Crippen molar-refractivity contribution >= 4 is 23.6 Å². The first-order valence-electron chi connectivity index (χ1n) is 16.2. The number of carbonyl (C=O) groups excluding carboxylic acids is 4. The lowest BCUT2D eigenvalue weighted by molar-refractivity contribution is -0.165. The summed E-state index contributed by atoms with van der Waals surface area (Å²) in [5, 5.41) is 0. The van der Waals surface area contributed by atoms with Gasteiger partial charge in [0.2, 0.25) is 5.78 Å². The molecular weight excluding hydrogens is 605 g/mol. The number of nitrogens with zero attached hydrogens (tertiary/aromatic N) is 1. The van der Waals surface area contributed by atoms with E-state index < -0.39 is 47.0 Å². The van der Waals surface area contributed by atoms with Crippen molar-refractivity contribution < 1.29 is 42.2 Å². The number of amides is 1. The Morgan fingerprint density at radius 2 is 1.87 bits per heavy atom. The van der Waals surface area contributed by atoms with E-state index in [0.29, 0.717) is 37.0 Å². The van der Waals surface area contributed by atoms with Crippen LogP contribution in [0.5, 0.6) is 5.75 Å². The van der Waals surface area contributed by atoms with Crippen LogP contribution in [0.4, 0.5) is 4.39 Å². The lowest BCUT2D eigenvalue weighted by Crippen LogP contribution is -2.53. The molecule has 10 heteroatoms. The van der Waals surface area contributed by atoms with Crippen LogP contribution in [0.3, 0.4) is 0 Å². The highest BCUT2D eigenvalue weighted by atomic mass is 19.1. The molecule has 0 N–H and O–H groups in total. The summed E-state index contributed by atoms with van der Waals surface area (Å²) >= 11 is 0. The maximum Gasteiger partial charge on any atom is 0.330 e. The number of carbonyl (C=O) groups is 4. The van der Waals surface area contributed by atoms with Gasteiger partial charge in [0.15, 0.2) is 0 Å². The van der Waals surface area contributed by atoms with Crippen LogP contribution in [0, 0.1) is 23.1 Å². The lowest BCUT2D eigenvalue weighted by Gasteiger charge is -2.36. The predicted octanol–water partition coefficient (Wildman–Crippen LogP) is 6.96. The smallest absolute Gasteiger partial charge is 0.330 e. The second-order valence-electron chi connectivity index (χ2n) is 13.3. The number of Topliss-reactive ketones (excluding diaryl/α,β-unsaturated/α-hetero) is 1. The third-order valence-electron chi connectivity index (χ3n) is 8.03. The molecule has 1 aromatic heterocycles. The van der Waals surface area contributed by atoms with Crippen molar-refractivity contribution in [2.24, 2.45) is 17.3 Å². The van der Waals surface area contributed by atoms with E-state index in [1.54, 1.807) is 30.5 Å². The number of likely N-dealkylation sites (tertiary alicyclic amines) is 1. The highest BCUT2D eigenvalue weighted by Crippen LogP contribution is 2.31. The second-order valence-corrected chi connectivity index (χ2v) is 13.3. The minimum Gasteiger partial charge on any atom is -0.489 e. The molecule has 0 aliphatic carbocycles. The molecule has 1 aliphatic heterocycles. The SMILES string of the molecule is C=C(COc1cc(F)cc([C@@H](CCc2ccco2)OC(=O)[C@@H]2CCCCN2C(=O)C(=O)C(C)(C)COC(=O)/C=C\C(C)C)c1)C(C)C. The normalized spacial score (nSPS) is 15.9. The Kier molecular flexibility index (Phi) is 13.5. The van der Waals surface area contributed by atoms with Gasteiger partial charge in [-0.1, -0.05) is 40.3 Å². The second kappa shape index (κ2) is 17.1. The summed E-state index contributed by atoms with van der Waals surface area (Å²) in [6.07, 6.45) is 5.83. The summed E-state index contributed by atoms with van der Waals surface area (Å²) in [5.41, 5.74) is -0.0961. The number of ketones is 1. The van der Waals surface area contributed by atoms with E-state index in [-0.39, 0.29) is 43.8 Å². The molecule has 0 radical (unpaired) electrons. The number of benzene rings is 1. The van der Waals surface area contributed by atoms with E-state index in [0.717, 1.165) is 5.57 Å². The topological polar surface area (TPSA) is 112 Å². The van der Waals surface area contributed by atoms with Crippen LogP contribution in [-0.4, -0.2) is 54.3 Å². The molecule has 1 saturated heterocycles. The molecule has 1 aromatic carbocycles. The van der Waals surface area contributed by atoms with Gasteiger partial charge in [0.05, 0.1) is 11.7 Å². The number of aryl methyl sites for hydroxylation is 1. The maximum absolute atomic E-state index is 14.8. The molecule has 0 bridgehead atoms. The van der Waals surface area contributed by atoms with Gasteiger partial charge in [0.1, 0.15) is 42.7 Å². The first-order valence-corrected chi connectivity index (χ1v) is 16.2. The Morgan fingerprint density at radius 3 is 2.53 bits per heavy atom. The van der Waals surface area contributed by atoms with Crippen molar-refractivity contribution in [3.63, 3.8) is 0 Å². The first-order chi connectivity index (χ1) is 22.2. The molecule has 1 amide bonds. The van der Waals surface area contributed by atoms with Gasteiger partial charge < -0.3 is 23.5 Å². The van der Waals surface area contributed by atoms with Crippen molar-refractivity contribution in [1.29, 1.82) is 0 Å². The largest absolute Gasteiger partial charge is 0.489 e. The number of piperidine rings is 1. The molecule has 2 aromatic rings. The Bertz CT molecular complexity index is 1430. The Balaban J connectivity index is 1.79. The summed E-state index contributed by atoms with van der Waals surface area (Å²) in [6.45, 7) is 14.9. The zero-order chi connectivity index (χ0) is 34.7. The van der Waals surface area contributed by atoms with Gasteiger partial charge in [0, 0.05) is 25.1 Å². The number of ether oxygens (including phenoxy) is 3. The van der Waals surface area contributed by atoms with Gasteiger partial charge in [-0.25, -0.2) is 14.0 Å². The zero-order valence-corrected chi connectivity index (χ0v) is 28.4. The van der Waals surface area contributed by atoms with Crippen LogP contribution in [0.15, 0.2) is 65.3 Å². The first kappa shape index (κ1) is 37.2. The minimum atomic E-state index is -1.32. The van der Waals surface area contributed by atoms with Crippen molar-refractivity contribution in [2.75, 3.05) is 19.8 Å². The van der Waals surface area contributed by atoms with E-state index >= 15 is 0 Å². The zero-order valence-electron chi connectivity index (χ0n) is 28.4. The van der Waals surface area contributed by atoms with Crippen LogP contribution < -0.4 is 4.74 Å². The number of rotatable bonds is 16. The number of hydrogen-bond donors (Lipinski definition) is 0. The molecule has 9 nitrogen and oxygen atoms in total. The third-order valence-corrected chi connectivity index (χ3v) is 8.03. The van der Waals surface area contributed by atoms with E-state index in [1.165, 1.54) is 37.0 Å². The summed E-state index contributed by atoms with van der Waals surface area (Å²) in [7, 11) is 0. The fraction of sp³-hybridized carbons (Fsp3) is 0.514. The number of hydrogen-bond acceptors (Lipinski definition) is 8. The number of furan rings is 1. The van der Waals surface area contributed by atoms with E-state index in [1.807, 2.05) is 27.7 Å². The molecule has 256 valence electrons. The summed E-state index contributed by atoms with van der Waals surface area (Å²) in [4.78, 5) is 54.0. The summed E-state index contributed by atoms with van der Waals surface area (Å²) in [6, 6.07) is 6.71. The van der Waals surface area contributed by atoms with Gasteiger partial charge >= 0.3 is 11.9 Å². The molecule has 0 spiro atoms. The van der Waals surface area contributed by atoms with Crippen molar-refractivity contribution in [2.45, 2.75) is 85.8 Å². The molecular formula is C37H48FNO8. The standard InChI is InChI=1S/C37H48FNO8/c1-24(2)13-16-33(40)46-23-37(6,7)34(41)35(42)39-17-9-8-12-31(39)36(43)47-32(15-14-29-11-10-18-44-29)27-19-28(38)21-30(20-27)45-22-26(5)25(3)4/h10-11,13,16,18-21,24-25,31-32H,5,8-9,12,14-15,17,22-23H2,1-4,6-7H3/b16-13-/t31-,32+/m0/s1. The van der Waals surface area contributed by atoms with Gasteiger partial charge in [0.25, 0.3) is 5.91 Å². The van der Waals surface area contributed by atoms with Crippen LogP contribution in [-0.2, 0) is 35.1 Å². The molecule has 3 rings (SSSR count). The van der Waals surface area contributed by atoms with Crippen LogP contribution in [0.2, 0.25) is 0 Å². The maximum atomic E-state index is 14.8. The predicted molar refractivity (Wildman–Crippen MR) is 175 cm³/mol. The van der Waals surface area contributed by atoms with E-state index in [4.69, 9.17) is 18.6 Å². The highest BCUT2D eigenvalue weighted by Gasteiger charge is 2.42. The van der Waals surface area contributed by atoms with Crippen LogP contribution in [0.1, 0.15) is 84.7 Å². The Morgan fingerprint density at radius 1 is 1.13 bits per heavy atom. The Labute approximate surface area is 277 Å². The lowest BCUT2D eigenvalue weighted by atomic mass is 9.87. The third kappa shape index (κ3) is 11.2. The Hall–Kier alpha value is -4.21. The van der Waals surface area contributed by atoms with E-state index in [2.05, 4.69) is 6.58 Å². The monoisotopic (exact) mass is 653 g/mol. The summed E-state index contributed by atoms with van der Waals surface area (Å²) < 4.78 is 37.4. The number of halogens is 1. The van der Waals surface area contributed by atoms with Gasteiger partial charge in [-0.15, -0.1) is 0 Å². The van der Waals surface area contributed by atoms with Gasteiger partial charge in [-0.05, 0) is 86.8 Å². The fourth-order valence-electron chi connectivity index (χ4n) is 4.91.